The minimum Gasteiger partial charge on any atom is -0.333 e. The lowest BCUT2D eigenvalue weighted by Crippen LogP contribution is -2.35. The van der Waals surface area contributed by atoms with Crippen molar-refractivity contribution in [3.8, 4) is 0 Å². The predicted molar refractivity (Wildman–Crippen MR) is 84.1 cm³/mol. The van der Waals surface area contributed by atoms with Crippen molar-refractivity contribution in [3.05, 3.63) is 35.5 Å². The van der Waals surface area contributed by atoms with Crippen LogP contribution in [-0.4, -0.2) is 23.4 Å². The van der Waals surface area contributed by atoms with Gasteiger partial charge in [0.05, 0.1) is 0 Å². The van der Waals surface area contributed by atoms with Crippen molar-refractivity contribution in [2.75, 3.05) is 6.54 Å². The number of allylic oxidation sites excluding steroid dienone is 4. The van der Waals surface area contributed by atoms with E-state index < -0.39 is 0 Å². The van der Waals surface area contributed by atoms with Gasteiger partial charge in [-0.1, -0.05) is 29.4 Å². The Hall–Kier alpha value is -1.31. The molecular formula is C17H29NO. The molecule has 1 amide bonds. The van der Waals surface area contributed by atoms with E-state index in [1.54, 1.807) is 12.2 Å². The Balaban J connectivity index is 4.45. The highest BCUT2D eigenvalue weighted by molar-refractivity contribution is 5.87. The highest BCUT2D eigenvalue weighted by atomic mass is 16.2. The average molecular weight is 263 g/mol. The Morgan fingerprint density at radius 2 is 1.79 bits per heavy atom. The largest absolute Gasteiger partial charge is 0.333 e. The minimum absolute atomic E-state index is 0.0887. The van der Waals surface area contributed by atoms with E-state index in [9.17, 15) is 4.79 Å². The van der Waals surface area contributed by atoms with Gasteiger partial charge in [0.15, 0.2) is 0 Å². The summed E-state index contributed by atoms with van der Waals surface area (Å²) >= 11 is 0. The molecule has 19 heavy (non-hydrogen) atoms. The number of rotatable bonds is 7. The third-order valence-corrected chi connectivity index (χ3v) is 2.94. The van der Waals surface area contributed by atoms with Gasteiger partial charge < -0.3 is 4.90 Å². The Bertz CT molecular complexity index is 357. The van der Waals surface area contributed by atoms with E-state index in [4.69, 9.17) is 0 Å². The number of carbonyl (C=O) groups excluding carboxylic acids is 1. The van der Waals surface area contributed by atoms with Crippen LogP contribution in [0.4, 0.5) is 0 Å². The van der Waals surface area contributed by atoms with Gasteiger partial charge in [-0.25, -0.2) is 0 Å². The number of nitrogens with zero attached hydrogens (tertiary/aromatic N) is 1. The normalized spacial score (nSPS) is 12.1. The maximum atomic E-state index is 11.9. The first-order chi connectivity index (χ1) is 8.88. The summed E-state index contributed by atoms with van der Waals surface area (Å²) in [6, 6.07) is 0.227. The maximum absolute atomic E-state index is 11.9. The lowest BCUT2D eigenvalue weighted by molar-refractivity contribution is -0.127. The fourth-order valence-electron chi connectivity index (χ4n) is 1.74. The van der Waals surface area contributed by atoms with Crippen molar-refractivity contribution in [1.29, 1.82) is 0 Å². The van der Waals surface area contributed by atoms with Crippen LogP contribution in [0, 0.1) is 0 Å². The second-order valence-corrected chi connectivity index (χ2v) is 5.45. The molecule has 0 aliphatic heterocycles. The number of hydrogen-bond acceptors (Lipinski definition) is 1. The second kappa shape index (κ2) is 9.60. The van der Waals surface area contributed by atoms with Gasteiger partial charge in [0.1, 0.15) is 0 Å². The Labute approximate surface area is 118 Å². The van der Waals surface area contributed by atoms with E-state index in [1.807, 2.05) is 25.7 Å². The summed E-state index contributed by atoms with van der Waals surface area (Å²) < 4.78 is 0. The smallest absolute Gasteiger partial charge is 0.246 e. The van der Waals surface area contributed by atoms with Gasteiger partial charge in [-0.05, 0) is 60.5 Å². The Kier molecular flexibility index (Phi) is 8.94. The van der Waals surface area contributed by atoms with Gasteiger partial charge >= 0.3 is 0 Å². The third-order valence-electron chi connectivity index (χ3n) is 2.94. The van der Waals surface area contributed by atoms with Gasteiger partial charge in [-0.15, -0.1) is 0 Å². The predicted octanol–water partition coefficient (Wildman–Crippen LogP) is 4.49. The van der Waals surface area contributed by atoms with Crippen LogP contribution in [0.3, 0.4) is 0 Å². The number of carbonyl (C=O) groups is 1. The fourth-order valence-corrected chi connectivity index (χ4v) is 1.74. The fraction of sp³-hybridized carbons (Fsp3) is 0.588. The first-order valence-electron chi connectivity index (χ1n) is 7.10. The van der Waals surface area contributed by atoms with Crippen LogP contribution in [0.1, 0.15) is 54.4 Å². The zero-order valence-electron chi connectivity index (χ0n) is 13.4. The molecule has 0 heterocycles. The van der Waals surface area contributed by atoms with E-state index in [0.717, 1.165) is 12.8 Å². The second-order valence-electron chi connectivity index (χ2n) is 5.45. The molecule has 0 radical (unpaired) electrons. The number of amides is 1. The van der Waals surface area contributed by atoms with E-state index in [1.165, 1.54) is 11.1 Å². The zero-order valence-corrected chi connectivity index (χ0v) is 13.4. The van der Waals surface area contributed by atoms with Crippen LogP contribution >= 0.6 is 0 Å². The maximum Gasteiger partial charge on any atom is 0.246 e. The third kappa shape index (κ3) is 8.41. The summed E-state index contributed by atoms with van der Waals surface area (Å²) in [5.41, 5.74) is 2.70. The molecule has 2 heteroatoms. The van der Waals surface area contributed by atoms with Crippen molar-refractivity contribution in [1.82, 2.24) is 4.90 Å². The molecule has 0 aliphatic carbocycles. The summed E-state index contributed by atoms with van der Waals surface area (Å²) in [6.07, 6.45) is 9.99. The van der Waals surface area contributed by atoms with Crippen LogP contribution in [0.15, 0.2) is 35.5 Å². The van der Waals surface area contributed by atoms with Gasteiger partial charge in [0.25, 0.3) is 0 Å². The molecule has 0 saturated heterocycles. The lowest BCUT2D eigenvalue weighted by atomic mass is 10.1. The molecule has 0 rings (SSSR count). The van der Waals surface area contributed by atoms with Crippen molar-refractivity contribution in [2.45, 2.75) is 60.4 Å². The van der Waals surface area contributed by atoms with Crippen LogP contribution in [0.5, 0.6) is 0 Å². The molecule has 0 unspecified atom stereocenters. The van der Waals surface area contributed by atoms with Crippen molar-refractivity contribution in [3.63, 3.8) is 0 Å². The highest BCUT2D eigenvalue weighted by Gasteiger charge is 2.12. The number of hydrogen-bond donors (Lipinski definition) is 0. The van der Waals surface area contributed by atoms with E-state index in [2.05, 4.69) is 32.9 Å². The summed E-state index contributed by atoms with van der Waals surface area (Å²) in [4.78, 5) is 13.8. The SMILES string of the molecule is C/C=C/C(=O)N(C/C=C(\C)CCC=C(C)C)C(C)C. The summed E-state index contributed by atoms with van der Waals surface area (Å²) in [5.74, 6) is 0.0887. The average Bonchev–Trinajstić information content (AvgIpc) is 2.28. The van der Waals surface area contributed by atoms with Crippen LogP contribution in [0.2, 0.25) is 0 Å². The van der Waals surface area contributed by atoms with Crippen LogP contribution < -0.4 is 0 Å². The topological polar surface area (TPSA) is 20.3 Å². The molecule has 0 atom stereocenters. The Morgan fingerprint density at radius 3 is 2.26 bits per heavy atom. The molecule has 0 aromatic rings. The highest BCUT2D eigenvalue weighted by Crippen LogP contribution is 2.08. The van der Waals surface area contributed by atoms with Gasteiger partial charge in [0, 0.05) is 12.6 Å². The molecule has 0 bridgehead atoms. The quantitative estimate of drug-likeness (QED) is 0.489. The van der Waals surface area contributed by atoms with Crippen LogP contribution in [0.25, 0.3) is 0 Å². The summed E-state index contributed by atoms with van der Waals surface area (Å²) in [5, 5.41) is 0. The molecule has 0 fully saturated rings. The van der Waals surface area contributed by atoms with Crippen molar-refractivity contribution in [2.24, 2.45) is 0 Å². The standard InChI is InChI=1S/C17H29NO/c1-7-9-17(19)18(15(4)5)13-12-16(6)11-8-10-14(2)3/h7,9-10,12,15H,8,11,13H2,1-6H3/b9-7+,16-12+. The van der Waals surface area contributed by atoms with Crippen LogP contribution in [-0.2, 0) is 4.79 Å². The van der Waals surface area contributed by atoms with E-state index in [0.29, 0.717) is 6.54 Å². The van der Waals surface area contributed by atoms with Gasteiger partial charge in [0.2, 0.25) is 5.91 Å². The molecule has 0 spiro atoms. The monoisotopic (exact) mass is 263 g/mol. The molecule has 0 aromatic carbocycles. The molecular weight excluding hydrogens is 234 g/mol. The van der Waals surface area contributed by atoms with Gasteiger partial charge in [-0.3, -0.25) is 4.79 Å². The molecule has 108 valence electrons. The van der Waals surface area contributed by atoms with E-state index >= 15 is 0 Å². The molecule has 0 aromatic heterocycles. The first-order valence-corrected chi connectivity index (χ1v) is 7.10. The zero-order chi connectivity index (χ0) is 14.8. The molecule has 2 nitrogen and oxygen atoms in total. The van der Waals surface area contributed by atoms with Crippen molar-refractivity contribution < 1.29 is 4.79 Å². The first kappa shape index (κ1) is 17.7. The lowest BCUT2D eigenvalue weighted by Gasteiger charge is -2.24. The molecule has 0 aliphatic rings. The van der Waals surface area contributed by atoms with Gasteiger partial charge in [-0.2, -0.15) is 0 Å². The minimum atomic E-state index is 0.0887. The Morgan fingerprint density at radius 1 is 1.16 bits per heavy atom. The molecule has 0 saturated carbocycles. The van der Waals surface area contributed by atoms with E-state index in [-0.39, 0.29) is 11.9 Å². The summed E-state index contributed by atoms with van der Waals surface area (Å²) in [7, 11) is 0. The summed E-state index contributed by atoms with van der Waals surface area (Å²) in [6.45, 7) is 13.0. The van der Waals surface area contributed by atoms with Crippen molar-refractivity contribution >= 4 is 5.91 Å². The molecule has 0 N–H and O–H groups in total.